The second kappa shape index (κ2) is 8.10. The molecule has 0 saturated carbocycles. The van der Waals surface area contributed by atoms with Crippen LogP contribution in [0, 0.1) is 0 Å². The van der Waals surface area contributed by atoms with Gasteiger partial charge >= 0.3 is 5.76 Å². The van der Waals surface area contributed by atoms with E-state index in [9.17, 15) is 13.2 Å². The Kier molecular flexibility index (Phi) is 6.51. The molecule has 1 aromatic heterocycles. The highest BCUT2D eigenvalue weighted by Gasteiger charge is 2.34. The molecule has 0 bridgehead atoms. The van der Waals surface area contributed by atoms with Crippen LogP contribution in [-0.2, 0) is 21.3 Å². The number of methoxy groups -OCH3 is 1. The Labute approximate surface area is 158 Å². The number of benzene rings is 1. The minimum absolute atomic E-state index is 0. The van der Waals surface area contributed by atoms with Crippen molar-refractivity contribution in [2.75, 3.05) is 26.8 Å². The summed E-state index contributed by atoms with van der Waals surface area (Å²) in [6.07, 6.45) is 1.82. The predicted octanol–water partition coefficient (Wildman–Crippen LogP) is 1.08. The van der Waals surface area contributed by atoms with Crippen molar-refractivity contribution in [2.45, 2.75) is 36.7 Å². The summed E-state index contributed by atoms with van der Waals surface area (Å²) in [6, 6.07) is 4.46. The summed E-state index contributed by atoms with van der Waals surface area (Å²) in [5, 5.41) is 3.33. The van der Waals surface area contributed by atoms with Crippen LogP contribution in [0.4, 0.5) is 0 Å². The number of halogens is 1. The Morgan fingerprint density at radius 3 is 2.81 bits per heavy atom. The molecule has 1 unspecified atom stereocenters. The minimum atomic E-state index is -3.72. The molecule has 10 heteroatoms. The van der Waals surface area contributed by atoms with Gasteiger partial charge < -0.3 is 14.5 Å². The van der Waals surface area contributed by atoms with E-state index < -0.39 is 15.8 Å². The van der Waals surface area contributed by atoms with Gasteiger partial charge in [0.2, 0.25) is 10.0 Å². The van der Waals surface area contributed by atoms with Gasteiger partial charge in [-0.25, -0.2) is 17.9 Å². The Bertz CT molecular complexity index is 916. The maximum atomic E-state index is 12.6. The highest BCUT2D eigenvalue weighted by atomic mass is 35.5. The van der Waals surface area contributed by atoms with E-state index in [1.807, 2.05) is 6.92 Å². The summed E-state index contributed by atoms with van der Waals surface area (Å²) in [5.41, 5.74) is 0.462. The van der Waals surface area contributed by atoms with Crippen LogP contribution in [-0.4, -0.2) is 45.3 Å². The van der Waals surface area contributed by atoms with Crippen molar-refractivity contribution in [1.82, 2.24) is 14.6 Å². The van der Waals surface area contributed by atoms with Gasteiger partial charge in [0.25, 0.3) is 0 Å². The van der Waals surface area contributed by atoms with Crippen molar-refractivity contribution in [1.29, 1.82) is 0 Å². The zero-order valence-corrected chi connectivity index (χ0v) is 16.4. The lowest BCUT2D eigenvalue weighted by atomic mass is 9.99. The predicted molar refractivity (Wildman–Crippen MR) is 100 cm³/mol. The molecule has 0 amide bonds. The Morgan fingerprint density at radius 1 is 1.42 bits per heavy atom. The molecule has 1 aliphatic heterocycles. The van der Waals surface area contributed by atoms with Crippen molar-refractivity contribution in [3.05, 3.63) is 28.7 Å². The van der Waals surface area contributed by atoms with Crippen molar-refractivity contribution in [2.24, 2.45) is 0 Å². The molecule has 146 valence electrons. The van der Waals surface area contributed by atoms with Crippen molar-refractivity contribution >= 4 is 33.5 Å². The number of hydrogen-bond donors (Lipinski definition) is 2. The molecule has 8 nitrogen and oxygen atoms in total. The van der Waals surface area contributed by atoms with Gasteiger partial charge in [-0.3, -0.25) is 4.57 Å². The average Bonchev–Trinajstić information content (AvgIpc) is 3.16. The molecule has 0 aliphatic carbocycles. The van der Waals surface area contributed by atoms with E-state index >= 15 is 0 Å². The topological polar surface area (TPSA) is 103 Å². The number of nitrogens with one attached hydrogen (secondary N) is 2. The molecule has 26 heavy (non-hydrogen) atoms. The maximum absolute atomic E-state index is 12.6. The zero-order chi connectivity index (χ0) is 18.1. The van der Waals surface area contributed by atoms with Crippen molar-refractivity contribution in [3.63, 3.8) is 0 Å². The SMILES string of the molecule is CCn1c(=O)oc2cc(S(=O)(=O)NCC3(COC)CCCN3)ccc21.Cl. The molecule has 1 atom stereocenters. The van der Waals surface area contributed by atoms with Crippen molar-refractivity contribution in [3.8, 4) is 0 Å². The summed E-state index contributed by atoms with van der Waals surface area (Å²) >= 11 is 0. The van der Waals surface area contributed by atoms with E-state index in [4.69, 9.17) is 9.15 Å². The normalized spacial score (nSPS) is 20.4. The average molecular weight is 406 g/mol. The molecule has 0 spiro atoms. The van der Waals surface area contributed by atoms with Crippen molar-refractivity contribution < 1.29 is 17.6 Å². The number of nitrogens with zero attached hydrogens (tertiary/aromatic N) is 1. The van der Waals surface area contributed by atoms with Crippen LogP contribution in [0.1, 0.15) is 19.8 Å². The van der Waals surface area contributed by atoms with Crippen LogP contribution >= 0.6 is 12.4 Å². The number of rotatable bonds is 7. The zero-order valence-electron chi connectivity index (χ0n) is 14.8. The van der Waals surface area contributed by atoms with Crippen LogP contribution in [0.2, 0.25) is 0 Å². The Morgan fingerprint density at radius 2 is 2.19 bits per heavy atom. The molecule has 1 aromatic carbocycles. The number of fused-ring (bicyclic) bond motifs is 1. The van der Waals surface area contributed by atoms with Gasteiger partial charge in [-0.05, 0) is 38.4 Å². The number of ether oxygens (including phenoxy) is 1. The van der Waals surface area contributed by atoms with Gasteiger partial charge in [-0.1, -0.05) is 0 Å². The Balaban J connectivity index is 0.00000243. The summed E-state index contributed by atoms with van der Waals surface area (Å²) < 4.78 is 39.7. The fourth-order valence-corrected chi connectivity index (χ4v) is 4.44. The molecule has 2 N–H and O–H groups in total. The maximum Gasteiger partial charge on any atom is 0.419 e. The third-order valence-corrected chi connectivity index (χ3v) is 6.02. The lowest BCUT2D eigenvalue weighted by molar-refractivity contribution is 0.122. The quantitative estimate of drug-likeness (QED) is 0.714. The van der Waals surface area contributed by atoms with Gasteiger partial charge in [0.05, 0.1) is 22.6 Å². The van der Waals surface area contributed by atoms with Crippen LogP contribution in [0.3, 0.4) is 0 Å². The first-order valence-corrected chi connectivity index (χ1v) is 9.76. The van der Waals surface area contributed by atoms with Crippen LogP contribution in [0.25, 0.3) is 11.1 Å². The molecule has 2 heterocycles. The highest BCUT2D eigenvalue weighted by molar-refractivity contribution is 7.89. The monoisotopic (exact) mass is 405 g/mol. The van der Waals surface area contributed by atoms with Gasteiger partial charge in [0.15, 0.2) is 5.58 Å². The molecule has 3 rings (SSSR count). The first-order chi connectivity index (χ1) is 11.9. The molecule has 2 aromatic rings. The van der Waals surface area contributed by atoms with Gasteiger partial charge in [-0.2, -0.15) is 0 Å². The van der Waals surface area contributed by atoms with E-state index in [1.165, 1.54) is 16.7 Å². The van der Waals surface area contributed by atoms with E-state index in [1.54, 1.807) is 13.2 Å². The van der Waals surface area contributed by atoms with E-state index in [2.05, 4.69) is 10.0 Å². The first kappa shape index (κ1) is 20.9. The Hall–Kier alpha value is -1.39. The number of oxazole rings is 1. The molecule has 1 saturated heterocycles. The lowest BCUT2D eigenvalue weighted by Gasteiger charge is -2.28. The third kappa shape index (κ3) is 3.96. The summed E-state index contributed by atoms with van der Waals surface area (Å²) in [4.78, 5) is 11.8. The van der Waals surface area contributed by atoms with Crippen LogP contribution in [0.5, 0.6) is 0 Å². The highest BCUT2D eigenvalue weighted by Crippen LogP contribution is 2.21. The number of aromatic nitrogens is 1. The molecule has 1 aliphatic rings. The van der Waals surface area contributed by atoms with E-state index in [0.29, 0.717) is 18.7 Å². The summed E-state index contributed by atoms with van der Waals surface area (Å²) in [7, 11) is -2.12. The smallest absolute Gasteiger partial charge is 0.408 e. The lowest BCUT2D eigenvalue weighted by Crippen LogP contribution is -2.52. The van der Waals surface area contributed by atoms with Gasteiger partial charge in [0.1, 0.15) is 0 Å². The fraction of sp³-hybridized carbons (Fsp3) is 0.562. The number of sulfonamides is 1. The first-order valence-electron chi connectivity index (χ1n) is 8.28. The molecule has 1 fully saturated rings. The number of aryl methyl sites for hydroxylation is 1. The minimum Gasteiger partial charge on any atom is -0.408 e. The summed E-state index contributed by atoms with van der Waals surface area (Å²) in [6.45, 7) is 3.80. The van der Waals surface area contributed by atoms with Gasteiger partial charge in [0, 0.05) is 26.3 Å². The number of hydrogen-bond acceptors (Lipinski definition) is 6. The van der Waals surface area contributed by atoms with Gasteiger partial charge in [-0.15, -0.1) is 12.4 Å². The third-order valence-electron chi connectivity index (χ3n) is 4.62. The largest absolute Gasteiger partial charge is 0.419 e. The fourth-order valence-electron chi connectivity index (χ4n) is 3.30. The summed E-state index contributed by atoms with van der Waals surface area (Å²) in [5.74, 6) is -0.491. The molecule has 0 radical (unpaired) electrons. The van der Waals surface area contributed by atoms with Crippen LogP contribution < -0.4 is 15.8 Å². The van der Waals surface area contributed by atoms with E-state index in [-0.39, 0.29) is 35.0 Å². The second-order valence-electron chi connectivity index (χ2n) is 6.31. The van der Waals surface area contributed by atoms with E-state index in [0.717, 1.165) is 19.4 Å². The standard InChI is InChI=1S/C16H23N3O5S.ClH/c1-3-19-13-6-5-12(9-14(13)24-15(19)20)25(21,22)18-10-16(11-23-2)7-4-8-17-16;/h5-6,9,17-18H,3-4,7-8,10-11H2,1-2H3;1H. The molecular weight excluding hydrogens is 382 g/mol. The second-order valence-corrected chi connectivity index (χ2v) is 8.08. The molecular formula is C16H24ClN3O5S. The van der Waals surface area contributed by atoms with Crippen LogP contribution in [0.15, 0.2) is 32.3 Å².